The van der Waals surface area contributed by atoms with Gasteiger partial charge in [0.1, 0.15) is 0 Å². The Kier molecular flexibility index (Phi) is 4.96. The Morgan fingerprint density at radius 1 is 0.826 bits per heavy atom. The molecule has 23 heavy (non-hydrogen) atoms. The molecule has 0 saturated heterocycles. The molecule has 0 unspecified atom stereocenters. The predicted octanol–water partition coefficient (Wildman–Crippen LogP) is 0.514. The molecule has 0 spiro atoms. The molecule has 0 heterocycles. The highest BCUT2D eigenvalue weighted by molar-refractivity contribution is 5.94. The van der Waals surface area contributed by atoms with Crippen LogP contribution in [0, 0.1) is 5.41 Å². The second-order valence-electron chi connectivity index (χ2n) is 5.46. The molecule has 0 aliphatic rings. The maximum atomic E-state index is 11.9. The van der Waals surface area contributed by atoms with E-state index in [1.54, 1.807) is 60.7 Å². The monoisotopic (exact) mass is 308 g/mol. The van der Waals surface area contributed by atoms with Crippen LogP contribution in [0.2, 0.25) is 0 Å². The molecule has 0 amide bonds. The summed E-state index contributed by atoms with van der Waals surface area (Å²) in [5.74, 6) is -3.06. The van der Waals surface area contributed by atoms with Crippen LogP contribution in [0.5, 0.6) is 0 Å². The summed E-state index contributed by atoms with van der Waals surface area (Å²) in [5, 5.41) is 23.2. The minimum atomic E-state index is -1.76. The first-order chi connectivity index (χ1) is 11.0. The molecular formula is C19H16O4-2. The minimum Gasteiger partial charge on any atom is -0.549 e. The van der Waals surface area contributed by atoms with E-state index in [1.807, 2.05) is 0 Å². The summed E-state index contributed by atoms with van der Waals surface area (Å²) in [6.07, 6.45) is -0.0598. The number of hydrogen-bond donors (Lipinski definition) is 0. The van der Waals surface area contributed by atoms with Crippen molar-refractivity contribution in [3.63, 3.8) is 0 Å². The molecule has 2 aromatic rings. The number of carboxylic acid groups (broad SMARTS) is 2. The van der Waals surface area contributed by atoms with Gasteiger partial charge >= 0.3 is 0 Å². The number of rotatable bonds is 7. The van der Waals surface area contributed by atoms with Crippen LogP contribution in [0.3, 0.4) is 0 Å². The molecule has 0 radical (unpaired) electrons. The van der Waals surface area contributed by atoms with Crippen molar-refractivity contribution in [1.29, 1.82) is 0 Å². The van der Waals surface area contributed by atoms with E-state index in [-0.39, 0.29) is 12.8 Å². The smallest absolute Gasteiger partial charge is 0.0678 e. The van der Waals surface area contributed by atoms with Crippen molar-refractivity contribution in [1.82, 2.24) is 0 Å². The van der Waals surface area contributed by atoms with Gasteiger partial charge in [-0.3, -0.25) is 0 Å². The molecule has 118 valence electrons. The molecule has 2 rings (SSSR count). The Labute approximate surface area is 134 Å². The third-order valence-electron chi connectivity index (χ3n) is 3.91. The molecule has 0 saturated carbocycles. The number of carbonyl (C=O) groups is 2. The van der Waals surface area contributed by atoms with Crippen LogP contribution in [0.25, 0.3) is 0 Å². The van der Waals surface area contributed by atoms with Crippen LogP contribution in [0.1, 0.15) is 11.1 Å². The van der Waals surface area contributed by atoms with Crippen molar-refractivity contribution in [2.75, 3.05) is 0 Å². The standard InChI is InChI=1S/C19H18O4/c1-14(17(20)21)19(18(22)23,12-15-8-4-2-5-9-15)13-16-10-6-3-7-11-16/h2-11H,1,12-13H2,(H,20,21)(H,22,23)/p-2. The number of carbonyl (C=O) groups excluding carboxylic acids is 2. The van der Waals surface area contributed by atoms with E-state index in [1.165, 1.54) is 0 Å². The van der Waals surface area contributed by atoms with Crippen LogP contribution in [0.15, 0.2) is 72.8 Å². The Hall–Kier alpha value is -2.88. The highest BCUT2D eigenvalue weighted by Gasteiger charge is 2.36. The van der Waals surface area contributed by atoms with Crippen molar-refractivity contribution < 1.29 is 19.8 Å². The van der Waals surface area contributed by atoms with E-state index in [0.29, 0.717) is 11.1 Å². The summed E-state index contributed by atoms with van der Waals surface area (Å²) in [5.41, 5.74) is -0.864. The van der Waals surface area contributed by atoms with Gasteiger partial charge < -0.3 is 19.8 Å². The number of hydrogen-bond acceptors (Lipinski definition) is 4. The van der Waals surface area contributed by atoms with Gasteiger partial charge in [0.2, 0.25) is 0 Å². The molecule has 0 aliphatic carbocycles. The Morgan fingerprint density at radius 2 is 1.22 bits per heavy atom. The Balaban J connectivity index is 2.48. The number of carboxylic acids is 2. The van der Waals surface area contributed by atoms with Crippen LogP contribution in [0.4, 0.5) is 0 Å². The molecule has 4 nitrogen and oxygen atoms in total. The summed E-state index contributed by atoms with van der Waals surface area (Å²) in [6, 6.07) is 17.6. The fraction of sp³-hybridized carbons (Fsp3) is 0.158. The summed E-state index contributed by atoms with van der Waals surface area (Å²) in [6.45, 7) is 3.46. The zero-order chi connectivity index (χ0) is 16.9. The van der Waals surface area contributed by atoms with Gasteiger partial charge in [-0.2, -0.15) is 0 Å². The molecular weight excluding hydrogens is 292 g/mol. The second-order valence-corrected chi connectivity index (χ2v) is 5.46. The third-order valence-corrected chi connectivity index (χ3v) is 3.91. The molecule has 0 fully saturated rings. The van der Waals surface area contributed by atoms with Gasteiger partial charge in [0.05, 0.1) is 11.9 Å². The van der Waals surface area contributed by atoms with Gasteiger partial charge in [-0.05, 0) is 29.5 Å². The van der Waals surface area contributed by atoms with Gasteiger partial charge in [-0.25, -0.2) is 0 Å². The first-order valence-electron chi connectivity index (χ1n) is 7.16. The van der Waals surface area contributed by atoms with Gasteiger partial charge in [0, 0.05) is 5.41 Å². The van der Waals surface area contributed by atoms with Crippen LogP contribution < -0.4 is 10.2 Å². The van der Waals surface area contributed by atoms with Crippen molar-refractivity contribution in [2.45, 2.75) is 12.8 Å². The molecule has 0 atom stereocenters. The van der Waals surface area contributed by atoms with Gasteiger partial charge in [0.25, 0.3) is 0 Å². The van der Waals surface area contributed by atoms with Crippen molar-refractivity contribution in [3.05, 3.63) is 83.9 Å². The zero-order valence-electron chi connectivity index (χ0n) is 12.5. The van der Waals surface area contributed by atoms with E-state index in [2.05, 4.69) is 6.58 Å². The van der Waals surface area contributed by atoms with Crippen molar-refractivity contribution in [2.24, 2.45) is 5.41 Å². The van der Waals surface area contributed by atoms with E-state index in [9.17, 15) is 19.8 Å². The predicted molar refractivity (Wildman–Crippen MR) is 81.9 cm³/mol. The maximum absolute atomic E-state index is 11.9. The lowest BCUT2D eigenvalue weighted by Crippen LogP contribution is -2.50. The van der Waals surface area contributed by atoms with Gasteiger partial charge in [-0.15, -0.1) is 0 Å². The van der Waals surface area contributed by atoms with Crippen molar-refractivity contribution >= 4 is 11.9 Å². The summed E-state index contributed by atoms with van der Waals surface area (Å²) >= 11 is 0. The van der Waals surface area contributed by atoms with E-state index in [4.69, 9.17) is 0 Å². The third kappa shape index (κ3) is 3.66. The lowest BCUT2D eigenvalue weighted by atomic mass is 9.71. The molecule has 2 aromatic carbocycles. The van der Waals surface area contributed by atoms with E-state index >= 15 is 0 Å². The van der Waals surface area contributed by atoms with Gasteiger partial charge in [-0.1, -0.05) is 67.2 Å². The topological polar surface area (TPSA) is 80.3 Å². The number of benzene rings is 2. The fourth-order valence-electron chi connectivity index (χ4n) is 2.63. The van der Waals surface area contributed by atoms with Gasteiger partial charge in [0.15, 0.2) is 0 Å². The Morgan fingerprint density at radius 3 is 1.52 bits per heavy atom. The highest BCUT2D eigenvalue weighted by Crippen LogP contribution is 2.34. The second kappa shape index (κ2) is 6.92. The Bertz CT molecular complexity index is 663. The molecule has 0 aromatic heterocycles. The SMILES string of the molecule is C=C(C(=O)[O-])C(Cc1ccccc1)(Cc1ccccc1)C(=O)[O-]. The largest absolute Gasteiger partial charge is 0.549 e. The number of aliphatic carboxylic acids is 2. The average molecular weight is 308 g/mol. The molecule has 4 heteroatoms. The zero-order valence-corrected chi connectivity index (χ0v) is 12.5. The summed E-state index contributed by atoms with van der Waals surface area (Å²) < 4.78 is 0. The summed E-state index contributed by atoms with van der Waals surface area (Å²) in [4.78, 5) is 23.2. The maximum Gasteiger partial charge on any atom is 0.0678 e. The van der Waals surface area contributed by atoms with Crippen LogP contribution in [-0.4, -0.2) is 11.9 Å². The highest BCUT2D eigenvalue weighted by atomic mass is 16.4. The first kappa shape index (κ1) is 16.5. The van der Waals surface area contributed by atoms with E-state index in [0.717, 1.165) is 0 Å². The summed E-state index contributed by atoms with van der Waals surface area (Å²) in [7, 11) is 0. The van der Waals surface area contributed by atoms with E-state index < -0.39 is 22.9 Å². The molecule has 0 N–H and O–H groups in total. The fourth-order valence-corrected chi connectivity index (χ4v) is 2.63. The quantitative estimate of drug-likeness (QED) is 0.698. The molecule has 0 aliphatic heterocycles. The van der Waals surface area contributed by atoms with Crippen LogP contribution in [-0.2, 0) is 22.4 Å². The first-order valence-corrected chi connectivity index (χ1v) is 7.16. The molecule has 0 bridgehead atoms. The average Bonchev–Trinajstić information content (AvgIpc) is 2.55. The lowest BCUT2D eigenvalue weighted by Gasteiger charge is -2.37. The van der Waals surface area contributed by atoms with Crippen LogP contribution >= 0.6 is 0 Å². The normalized spacial score (nSPS) is 11.0. The minimum absolute atomic E-state index is 0.0299. The van der Waals surface area contributed by atoms with Crippen molar-refractivity contribution in [3.8, 4) is 0 Å². The lowest BCUT2D eigenvalue weighted by molar-refractivity contribution is -0.322.